The second-order valence-corrected chi connectivity index (χ2v) is 19.2. The van der Waals surface area contributed by atoms with Gasteiger partial charge in [0.1, 0.15) is 18.2 Å². The lowest BCUT2D eigenvalue weighted by Crippen LogP contribution is -2.77. The van der Waals surface area contributed by atoms with Crippen molar-refractivity contribution in [2.24, 2.45) is 0 Å². The van der Waals surface area contributed by atoms with Crippen molar-refractivity contribution in [2.45, 2.75) is 68.6 Å². The normalized spacial score (nSPS) is 17.9. The number of benzene rings is 7. The molecule has 5 amide bonds. The van der Waals surface area contributed by atoms with Gasteiger partial charge >= 0.3 is 0 Å². The van der Waals surface area contributed by atoms with Crippen molar-refractivity contribution in [2.75, 3.05) is 0 Å². The van der Waals surface area contributed by atoms with E-state index >= 15 is 14.4 Å². The lowest BCUT2D eigenvalue weighted by Gasteiger charge is -2.54. The van der Waals surface area contributed by atoms with E-state index in [0.29, 0.717) is 12.8 Å². The van der Waals surface area contributed by atoms with Crippen LogP contribution in [-0.2, 0) is 53.0 Å². The third-order valence-corrected chi connectivity index (χ3v) is 14.5. The van der Waals surface area contributed by atoms with Crippen LogP contribution in [-0.4, -0.2) is 80.2 Å². The van der Waals surface area contributed by atoms with E-state index < -0.39 is 66.3 Å². The number of amides is 5. The van der Waals surface area contributed by atoms with Crippen molar-refractivity contribution >= 4 is 56.7 Å². The number of hydrogen-bond acceptors (Lipinski definition) is 8. The zero-order chi connectivity index (χ0) is 51.0. The molecule has 10 rings (SSSR count). The molecule has 1 aromatic heterocycles. The Kier molecular flexibility index (Phi) is 15.2. The Morgan fingerprint density at radius 1 is 0.622 bits per heavy atom. The highest BCUT2D eigenvalue weighted by molar-refractivity contribution is 9.10. The van der Waals surface area contributed by atoms with Gasteiger partial charge in [-0.3, -0.25) is 33.9 Å². The Hall–Kier alpha value is -8.10. The molecule has 0 radical (unpaired) electrons. The summed E-state index contributed by atoms with van der Waals surface area (Å²) >= 11 is 3.57. The lowest BCUT2D eigenvalue weighted by atomic mass is 9.86. The molecule has 2 saturated heterocycles. The molecule has 370 valence electrons. The molecule has 2 aliphatic rings. The Bertz CT molecular complexity index is 3060. The van der Waals surface area contributed by atoms with Crippen LogP contribution >= 0.6 is 15.9 Å². The van der Waals surface area contributed by atoms with E-state index in [4.69, 9.17) is 9.47 Å². The van der Waals surface area contributed by atoms with Crippen molar-refractivity contribution in [3.63, 3.8) is 0 Å². The number of imide groups is 1. The van der Waals surface area contributed by atoms with Crippen molar-refractivity contribution in [3.05, 3.63) is 256 Å². The summed E-state index contributed by atoms with van der Waals surface area (Å²) in [6.07, 6.45) is -1.61. The number of pyridine rings is 1. The second-order valence-electron chi connectivity index (χ2n) is 18.4. The molecule has 0 aliphatic carbocycles. The van der Waals surface area contributed by atoms with Gasteiger partial charge in [0.05, 0.1) is 6.04 Å². The van der Waals surface area contributed by atoms with Crippen LogP contribution in [0.3, 0.4) is 0 Å². The van der Waals surface area contributed by atoms with Gasteiger partial charge in [0.15, 0.2) is 18.4 Å². The lowest BCUT2D eigenvalue weighted by molar-refractivity contribution is -0.183. The van der Waals surface area contributed by atoms with Gasteiger partial charge in [-0.1, -0.05) is 198 Å². The molecule has 0 spiro atoms. The molecule has 13 heteroatoms. The number of carbonyl (C=O) groups is 5. The van der Waals surface area contributed by atoms with Crippen molar-refractivity contribution in [1.82, 2.24) is 25.0 Å². The molecule has 8 aromatic rings. The average Bonchev–Trinajstić information content (AvgIpc) is 3.67. The summed E-state index contributed by atoms with van der Waals surface area (Å²) in [5.41, 5.74) is 5.33. The first-order chi connectivity index (χ1) is 36.3. The molecular weight excluding hydrogens is 995 g/mol. The number of carbonyl (C=O) groups excluding carboxylic acids is 5. The van der Waals surface area contributed by atoms with Gasteiger partial charge in [-0.05, 0) is 75.4 Å². The molecule has 3 heterocycles. The SMILES string of the molecule is O=CN(Cc1ccccc1)C(C(=O)NCc1ccccc1Br)N1C(=O)[C@@H](N2C(=O)C(OC(c3ccccc3)c3ccccc3)C(OC(c3ccccc3)c3ccccc3)C2=O)C1CCc1ccc2ccncc2c1. The van der Waals surface area contributed by atoms with Gasteiger partial charge in [-0.2, -0.15) is 0 Å². The van der Waals surface area contributed by atoms with Crippen LogP contribution in [0.5, 0.6) is 0 Å². The third-order valence-electron chi connectivity index (χ3n) is 13.7. The third kappa shape index (κ3) is 10.5. The second kappa shape index (κ2) is 22.8. The maximum atomic E-state index is 15.6. The quantitative estimate of drug-likeness (QED) is 0.0453. The fourth-order valence-electron chi connectivity index (χ4n) is 10.0. The molecule has 2 fully saturated rings. The number of ether oxygens (including phenoxy) is 2. The molecule has 74 heavy (non-hydrogen) atoms. The summed E-state index contributed by atoms with van der Waals surface area (Å²) in [4.78, 5) is 83.0. The predicted octanol–water partition coefficient (Wildman–Crippen LogP) is 9.53. The molecule has 0 bridgehead atoms. The summed E-state index contributed by atoms with van der Waals surface area (Å²) in [6, 6.07) is 59.8. The summed E-state index contributed by atoms with van der Waals surface area (Å²) in [6.45, 7) is 0.0512. The van der Waals surface area contributed by atoms with E-state index in [2.05, 4.69) is 26.2 Å². The summed E-state index contributed by atoms with van der Waals surface area (Å²) in [5.74, 6) is -2.84. The van der Waals surface area contributed by atoms with E-state index in [-0.39, 0.29) is 19.5 Å². The minimum atomic E-state index is -1.54. The fourth-order valence-corrected chi connectivity index (χ4v) is 10.5. The minimum absolute atomic E-state index is 0.0234. The Labute approximate surface area is 437 Å². The van der Waals surface area contributed by atoms with Crippen molar-refractivity contribution in [1.29, 1.82) is 0 Å². The smallest absolute Gasteiger partial charge is 0.264 e. The highest BCUT2D eigenvalue weighted by Gasteiger charge is 2.63. The van der Waals surface area contributed by atoms with E-state index in [9.17, 15) is 9.59 Å². The van der Waals surface area contributed by atoms with Gasteiger partial charge in [0, 0.05) is 35.3 Å². The maximum absolute atomic E-state index is 15.6. The summed E-state index contributed by atoms with van der Waals surface area (Å²) < 4.78 is 14.7. The van der Waals surface area contributed by atoms with E-state index in [0.717, 1.165) is 59.1 Å². The first kappa shape index (κ1) is 49.5. The van der Waals surface area contributed by atoms with Crippen molar-refractivity contribution in [3.8, 4) is 0 Å². The van der Waals surface area contributed by atoms with Crippen LogP contribution in [0.25, 0.3) is 10.8 Å². The number of aromatic nitrogens is 1. The summed E-state index contributed by atoms with van der Waals surface area (Å²) in [5, 5.41) is 4.89. The number of β-lactam (4-membered cyclic amide) rings is 1. The van der Waals surface area contributed by atoms with E-state index in [1.807, 2.05) is 200 Å². The highest BCUT2D eigenvalue weighted by Crippen LogP contribution is 2.41. The molecular formula is C61H52BrN5O7. The zero-order valence-corrected chi connectivity index (χ0v) is 41.8. The van der Waals surface area contributed by atoms with Crippen LogP contribution in [0.4, 0.5) is 0 Å². The Morgan fingerprint density at radius 2 is 1.14 bits per heavy atom. The number of hydrogen-bond donors (Lipinski definition) is 1. The standard InChI is InChI=1S/C61H52BrN5O7/c62-50-29-17-16-28-48(50)38-64-57(69)58(65(40-68)39-42-18-6-1-7-19-42)66-51(33-31-41-30-32-43-34-35-63-37-49(43)36-41)52(59(66)70)67-60(71)55(73-53(44-20-8-2-9-21-44)45-22-10-3-11-23-45)56(61(67)72)74-54(46-24-12-4-13-25-46)47-26-14-5-15-27-47/h1-30,32,34-37,40,51-56,58H,31,33,38-39H2,(H,64,69)/t51?,52-,55?,56?,58?/m0/s1. The first-order valence-electron chi connectivity index (χ1n) is 24.6. The zero-order valence-electron chi connectivity index (χ0n) is 40.2. The van der Waals surface area contributed by atoms with Crippen LogP contribution < -0.4 is 5.32 Å². The van der Waals surface area contributed by atoms with E-state index in [1.54, 1.807) is 12.4 Å². The Morgan fingerprint density at radius 3 is 1.66 bits per heavy atom. The number of halogens is 1. The summed E-state index contributed by atoms with van der Waals surface area (Å²) in [7, 11) is 0. The fraction of sp³-hybridized carbons (Fsp3) is 0.180. The van der Waals surface area contributed by atoms with E-state index in [1.165, 1.54) is 9.80 Å². The van der Waals surface area contributed by atoms with Gasteiger partial charge in [0.25, 0.3) is 17.7 Å². The van der Waals surface area contributed by atoms with Crippen LogP contribution in [0.1, 0.15) is 57.6 Å². The van der Waals surface area contributed by atoms with Crippen molar-refractivity contribution < 1.29 is 33.4 Å². The Balaban J connectivity index is 1.06. The molecule has 0 saturated carbocycles. The highest BCUT2D eigenvalue weighted by atomic mass is 79.9. The minimum Gasteiger partial charge on any atom is -0.352 e. The van der Waals surface area contributed by atoms with Gasteiger partial charge < -0.3 is 24.6 Å². The van der Waals surface area contributed by atoms with Crippen LogP contribution in [0.2, 0.25) is 0 Å². The predicted molar refractivity (Wildman–Crippen MR) is 283 cm³/mol. The maximum Gasteiger partial charge on any atom is 0.264 e. The monoisotopic (exact) mass is 1050 g/mol. The molecule has 2 aliphatic heterocycles. The number of nitrogens with one attached hydrogen (secondary N) is 1. The average molecular weight is 1050 g/mol. The number of rotatable bonds is 20. The molecule has 1 N–H and O–H groups in total. The molecule has 12 nitrogen and oxygen atoms in total. The number of likely N-dealkylation sites (tertiary alicyclic amines) is 2. The number of nitrogens with zero attached hydrogens (tertiary/aromatic N) is 4. The van der Waals surface area contributed by atoms with Crippen LogP contribution in [0, 0.1) is 0 Å². The molecule has 7 aromatic carbocycles. The van der Waals surface area contributed by atoms with Crippen LogP contribution in [0.15, 0.2) is 217 Å². The first-order valence-corrected chi connectivity index (χ1v) is 25.3. The largest absolute Gasteiger partial charge is 0.352 e. The number of aryl methyl sites for hydroxylation is 1. The topological polar surface area (TPSA) is 138 Å². The van der Waals surface area contributed by atoms with Gasteiger partial charge in [0.2, 0.25) is 12.3 Å². The number of fused-ring (bicyclic) bond motifs is 1. The van der Waals surface area contributed by atoms with Gasteiger partial charge in [-0.25, -0.2) is 0 Å². The van der Waals surface area contributed by atoms with Gasteiger partial charge in [-0.15, -0.1) is 0 Å². The molecule has 5 atom stereocenters. The molecule has 4 unspecified atom stereocenters.